The van der Waals surface area contributed by atoms with Crippen molar-refractivity contribution in [3.63, 3.8) is 0 Å². The first-order valence-corrected chi connectivity index (χ1v) is 8.25. The number of aromatic nitrogens is 3. The zero-order valence-corrected chi connectivity index (χ0v) is 13.0. The third-order valence-electron chi connectivity index (χ3n) is 3.13. The van der Waals surface area contributed by atoms with Crippen molar-refractivity contribution < 1.29 is 4.79 Å². The summed E-state index contributed by atoms with van der Waals surface area (Å²) in [5.41, 5.74) is 1.74. The fourth-order valence-electron chi connectivity index (χ4n) is 2.08. The summed E-state index contributed by atoms with van der Waals surface area (Å²) < 4.78 is 1.57. The number of hydrogen-bond donors (Lipinski definition) is 1. The summed E-state index contributed by atoms with van der Waals surface area (Å²) in [6, 6.07) is 3.65. The highest BCUT2D eigenvalue weighted by molar-refractivity contribution is 7.09. The lowest BCUT2D eigenvalue weighted by Crippen LogP contribution is -2.31. The van der Waals surface area contributed by atoms with Crippen LogP contribution in [0.1, 0.15) is 27.1 Å². The second-order valence-corrected chi connectivity index (χ2v) is 6.28. The summed E-state index contributed by atoms with van der Waals surface area (Å²) in [5.74, 6) is -0.134. The fourth-order valence-corrected chi connectivity index (χ4v) is 3.45. The zero-order chi connectivity index (χ0) is 14.7. The molecule has 3 aromatic rings. The molecule has 0 spiro atoms. The van der Waals surface area contributed by atoms with Crippen LogP contribution in [0.3, 0.4) is 0 Å². The average Bonchev–Trinajstić information content (AvgIpc) is 3.20. The van der Waals surface area contributed by atoms with Crippen LogP contribution >= 0.6 is 22.7 Å². The van der Waals surface area contributed by atoms with Crippen LogP contribution in [0, 0.1) is 0 Å². The number of nitrogens with zero attached hydrogens (tertiary/aromatic N) is 3. The Morgan fingerprint density at radius 3 is 2.90 bits per heavy atom. The lowest BCUT2D eigenvalue weighted by molar-refractivity contribution is 0.0927. The molecule has 108 valence electrons. The molecule has 0 bridgehead atoms. The molecule has 1 amide bonds. The number of thiophene rings is 1. The van der Waals surface area contributed by atoms with E-state index < -0.39 is 0 Å². The van der Waals surface area contributed by atoms with E-state index >= 15 is 0 Å². The molecule has 1 atom stereocenters. The number of hydrogen-bond acceptors (Lipinski definition) is 5. The van der Waals surface area contributed by atoms with Crippen LogP contribution in [-0.2, 0) is 13.5 Å². The molecule has 0 aromatic carbocycles. The van der Waals surface area contributed by atoms with E-state index in [2.05, 4.69) is 26.8 Å². The van der Waals surface area contributed by atoms with E-state index in [0.29, 0.717) is 5.69 Å². The number of carbonyl (C=O) groups is 1. The van der Waals surface area contributed by atoms with Crippen molar-refractivity contribution in [2.45, 2.75) is 12.5 Å². The van der Waals surface area contributed by atoms with Gasteiger partial charge in [-0.3, -0.25) is 9.48 Å². The molecule has 0 fully saturated rings. The van der Waals surface area contributed by atoms with Gasteiger partial charge in [0.1, 0.15) is 10.7 Å². The lowest BCUT2D eigenvalue weighted by atomic mass is 10.1. The van der Waals surface area contributed by atoms with Gasteiger partial charge in [0.25, 0.3) is 5.91 Å². The molecule has 0 aliphatic carbocycles. The number of thiazole rings is 1. The van der Waals surface area contributed by atoms with E-state index in [9.17, 15) is 4.79 Å². The number of amides is 1. The second kappa shape index (κ2) is 6.19. The van der Waals surface area contributed by atoms with E-state index in [1.807, 2.05) is 10.8 Å². The Kier molecular flexibility index (Phi) is 4.12. The smallest absolute Gasteiger partial charge is 0.270 e. The van der Waals surface area contributed by atoms with Crippen molar-refractivity contribution in [3.8, 4) is 0 Å². The molecular formula is C14H14N4OS2. The molecule has 0 saturated carbocycles. The summed E-state index contributed by atoms with van der Waals surface area (Å²) in [5, 5.41) is 14.1. The van der Waals surface area contributed by atoms with E-state index in [4.69, 9.17) is 0 Å². The molecule has 5 nitrogen and oxygen atoms in total. The summed E-state index contributed by atoms with van der Waals surface area (Å²) in [7, 11) is 1.76. The van der Waals surface area contributed by atoms with Gasteiger partial charge in [0, 0.05) is 31.2 Å². The van der Waals surface area contributed by atoms with Crippen LogP contribution in [0.2, 0.25) is 0 Å². The monoisotopic (exact) mass is 318 g/mol. The molecule has 3 heterocycles. The number of carbonyl (C=O) groups excluding carboxylic acids is 1. The average molecular weight is 318 g/mol. The molecule has 1 unspecified atom stereocenters. The summed E-state index contributed by atoms with van der Waals surface area (Å²) >= 11 is 3.21. The Labute approximate surface area is 130 Å². The van der Waals surface area contributed by atoms with Crippen molar-refractivity contribution >= 4 is 28.6 Å². The van der Waals surface area contributed by atoms with Crippen LogP contribution in [0.15, 0.2) is 40.7 Å². The molecule has 0 radical (unpaired) electrons. The van der Waals surface area contributed by atoms with Crippen LogP contribution in [-0.4, -0.2) is 20.7 Å². The van der Waals surface area contributed by atoms with Gasteiger partial charge in [0.05, 0.1) is 6.04 Å². The SMILES string of the molecule is Cn1nccc1C(=O)NC(Cc1ccsc1)c1nccs1. The highest BCUT2D eigenvalue weighted by atomic mass is 32.1. The van der Waals surface area contributed by atoms with Gasteiger partial charge in [-0.2, -0.15) is 16.4 Å². The Hall–Kier alpha value is -1.99. The topological polar surface area (TPSA) is 59.8 Å². The predicted molar refractivity (Wildman–Crippen MR) is 83.6 cm³/mol. The minimum absolute atomic E-state index is 0.123. The van der Waals surface area contributed by atoms with Crippen molar-refractivity contribution in [1.82, 2.24) is 20.1 Å². The number of rotatable bonds is 5. The molecule has 3 aromatic heterocycles. The Bertz CT molecular complexity index is 703. The largest absolute Gasteiger partial charge is 0.341 e. The third-order valence-corrected chi connectivity index (χ3v) is 4.75. The molecule has 7 heteroatoms. The van der Waals surface area contributed by atoms with Gasteiger partial charge in [0.15, 0.2) is 0 Å². The van der Waals surface area contributed by atoms with E-state index in [1.165, 1.54) is 5.56 Å². The van der Waals surface area contributed by atoms with Gasteiger partial charge in [0.2, 0.25) is 0 Å². The van der Waals surface area contributed by atoms with Crippen molar-refractivity contribution in [2.75, 3.05) is 0 Å². The Balaban J connectivity index is 1.79. The minimum atomic E-state index is -0.134. The van der Waals surface area contributed by atoms with E-state index in [-0.39, 0.29) is 11.9 Å². The number of aryl methyl sites for hydroxylation is 1. The Morgan fingerprint density at radius 1 is 1.38 bits per heavy atom. The van der Waals surface area contributed by atoms with Gasteiger partial charge in [-0.25, -0.2) is 4.98 Å². The second-order valence-electron chi connectivity index (χ2n) is 4.57. The standard InChI is InChI=1S/C14H14N4OS2/c1-18-12(2-4-16-18)13(19)17-11(14-15-5-7-21-14)8-10-3-6-20-9-10/h2-7,9,11H,8H2,1H3,(H,17,19). The van der Waals surface area contributed by atoms with Crippen LogP contribution in [0.4, 0.5) is 0 Å². The van der Waals surface area contributed by atoms with Crippen molar-refractivity contribution in [2.24, 2.45) is 7.05 Å². The summed E-state index contributed by atoms with van der Waals surface area (Å²) in [4.78, 5) is 16.7. The first-order valence-electron chi connectivity index (χ1n) is 6.43. The highest BCUT2D eigenvalue weighted by Gasteiger charge is 2.20. The van der Waals surface area contributed by atoms with Gasteiger partial charge < -0.3 is 5.32 Å². The predicted octanol–water partition coefficient (Wildman–Crippen LogP) is 2.65. The normalized spacial score (nSPS) is 12.2. The number of nitrogens with one attached hydrogen (secondary N) is 1. The molecule has 3 rings (SSSR count). The first kappa shape index (κ1) is 14.0. The summed E-state index contributed by atoms with van der Waals surface area (Å²) in [6.45, 7) is 0. The molecule has 1 N–H and O–H groups in total. The molecule has 0 saturated heterocycles. The van der Waals surface area contributed by atoms with Gasteiger partial charge in [-0.05, 0) is 28.5 Å². The molecule has 0 aliphatic rings. The van der Waals surface area contributed by atoms with Gasteiger partial charge in [-0.15, -0.1) is 11.3 Å². The summed E-state index contributed by atoms with van der Waals surface area (Å²) in [6.07, 6.45) is 4.11. The van der Waals surface area contributed by atoms with E-state index in [0.717, 1.165) is 11.4 Å². The zero-order valence-electron chi connectivity index (χ0n) is 11.4. The van der Waals surface area contributed by atoms with Crippen LogP contribution < -0.4 is 5.32 Å². The maximum Gasteiger partial charge on any atom is 0.270 e. The first-order chi connectivity index (χ1) is 10.2. The third kappa shape index (κ3) is 3.20. The van der Waals surface area contributed by atoms with Crippen molar-refractivity contribution in [3.05, 3.63) is 56.9 Å². The van der Waals surface area contributed by atoms with Gasteiger partial charge in [-0.1, -0.05) is 0 Å². The molecule has 21 heavy (non-hydrogen) atoms. The quantitative estimate of drug-likeness (QED) is 0.787. The van der Waals surface area contributed by atoms with Crippen LogP contribution in [0.25, 0.3) is 0 Å². The lowest BCUT2D eigenvalue weighted by Gasteiger charge is -2.16. The maximum absolute atomic E-state index is 12.4. The molecule has 0 aliphatic heterocycles. The minimum Gasteiger partial charge on any atom is -0.341 e. The Morgan fingerprint density at radius 2 is 2.29 bits per heavy atom. The highest BCUT2D eigenvalue weighted by Crippen LogP contribution is 2.22. The maximum atomic E-state index is 12.4. The fraction of sp³-hybridized carbons (Fsp3) is 0.214. The van der Waals surface area contributed by atoms with E-state index in [1.54, 1.807) is 52.9 Å². The van der Waals surface area contributed by atoms with Crippen molar-refractivity contribution in [1.29, 1.82) is 0 Å². The van der Waals surface area contributed by atoms with Crippen LogP contribution in [0.5, 0.6) is 0 Å². The molecular weight excluding hydrogens is 304 g/mol. The van der Waals surface area contributed by atoms with Gasteiger partial charge >= 0.3 is 0 Å².